The third kappa shape index (κ3) is 1.89. The Balaban J connectivity index is 2.42. The molecule has 3 heteroatoms. The number of ether oxygens (including phenoxy) is 1. The first-order valence-corrected chi connectivity index (χ1v) is 5.03. The fourth-order valence-corrected chi connectivity index (χ4v) is 1.81. The molecule has 0 unspecified atom stereocenters. The molecule has 1 N–H and O–H groups in total. The molecule has 0 bridgehead atoms. The Labute approximate surface area is 88.9 Å². The molecule has 0 radical (unpaired) electrons. The number of benzene rings is 1. The van der Waals surface area contributed by atoms with E-state index in [1.807, 2.05) is 24.4 Å². The van der Waals surface area contributed by atoms with Crippen LogP contribution in [0.3, 0.4) is 0 Å². The van der Waals surface area contributed by atoms with Gasteiger partial charge in [-0.25, -0.2) is 0 Å². The van der Waals surface area contributed by atoms with Gasteiger partial charge < -0.3 is 14.4 Å². The minimum Gasteiger partial charge on any atom is -0.392 e. The van der Waals surface area contributed by atoms with Gasteiger partial charge in [0, 0.05) is 30.8 Å². The third-order valence-corrected chi connectivity index (χ3v) is 2.61. The van der Waals surface area contributed by atoms with Crippen LogP contribution in [0.15, 0.2) is 30.5 Å². The van der Waals surface area contributed by atoms with E-state index in [2.05, 4.69) is 10.6 Å². The van der Waals surface area contributed by atoms with Crippen LogP contribution in [0.2, 0.25) is 0 Å². The average Bonchev–Trinajstić information content (AvgIpc) is 2.69. The lowest BCUT2D eigenvalue weighted by Crippen LogP contribution is -2.02. The summed E-state index contributed by atoms with van der Waals surface area (Å²) in [4.78, 5) is 0. The van der Waals surface area contributed by atoms with Crippen LogP contribution in [0, 0.1) is 0 Å². The number of rotatable bonds is 4. The Bertz CT molecular complexity index is 448. The fraction of sp³-hybridized carbons (Fsp3) is 0.333. The molecule has 0 atom stereocenters. The highest BCUT2D eigenvalue weighted by atomic mass is 16.5. The maximum atomic E-state index is 9.19. The lowest BCUT2D eigenvalue weighted by molar-refractivity contribution is 0.188. The van der Waals surface area contributed by atoms with Crippen molar-refractivity contribution in [2.75, 3.05) is 13.7 Å². The minimum absolute atomic E-state index is 0.0889. The van der Waals surface area contributed by atoms with Gasteiger partial charge in [-0.15, -0.1) is 0 Å². The van der Waals surface area contributed by atoms with E-state index in [9.17, 15) is 5.11 Å². The average molecular weight is 205 g/mol. The van der Waals surface area contributed by atoms with Crippen molar-refractivity contribution in [1.29, 1.82) is 0 Å². The van der Waals surface area contributed by atoms with Crippen molar-refractivity contribution in [2.45, 2.75) is 13.2 Å². The molecule has 2 aromatic rings. The molecule has 3 nitrogen and oxygen atoms in total. The quantitative estimate of drug-likeness (QED) is 0.825. The second-order valence-electron chi connectivity index (χ2n) is 3.51. The largest absolute Gasteiger partial charge is 0.392 e. The predicted octanol–water partition coefficient (Wildman–Crippen LogP) is 1.78. The van der Waals surface area contributed by atoms with E-state index < -0.39 is 0 Å². The standard InChI is InChI=1S/C12H15NO2/c1-15-8-7-13-6-5-11-10(9-14)3-2-4-12(11)13/h2-6,14H,7-9H2,1H3. The highest BCUT2D eigenvalue weighted by Crippen LogP contribution is 2.20. The SMILES string of the molecule is COCCn1ccc2c(CO)cccc21. The van der Waals surface area contributed by atoms with Gasteiger partial charge in [0.2, 0.25) is 0 Å². The van der Waals surface area contributed by atoms with Crippen molar-refractivity contribution >= 4 is 10.9 Å². The molecule has 0 aliphatic carbocycles. The number of hydrogen-bond acceptors (Lipinski definition) is 2. The second-order valence-corrected chi connectivity index (χ2v) is 3.51. The smallest absolute Gasteiger partial charge is 0.0688 e. The first-order chi connectivity index (χ1) is 7.36. The van der Waals surface area contributed by atoms with Crippen molar-refractivity contribution in [2.24, 2.45) is 0 Å². The Morgan fingerprint density at radius 2 is 2.20 bits per heavy atom. The van der Waals surface area contributed by atoms with Gasteiger partial charge in [0.25, 0.3) is 0 Å². The molecular formula is C12H15NO2. The van der Waals surface area contributed by atoms with Crippen LogP contribution in [0.1, 0.15) is 5.56 Å². The maximum absolute atomic E-state index is 9.19. The maximum Gasteiger partial charge on any atom is 0.0688 e. The van der Waals surface area contributed by atoms with Crippen molar-refractivity contribution in [1.82, 2.24) is 4.57 Å². The number of fused-ring (bicyclic) bond motifs is 1. The van der Waals surface area contributed by atoms with Gasteiger partial charge >= 0.3 is 0 Å². The van der Waals surface area contributed by atoms with E-state index >= 15 is 0 Å². The van der Waals surface area contributed by atoms with Gasteiger partial charge in [-0.3, -0.25) is 0 Å². The molecule has 0 aliphatic rings. The normalized spacial score (nSPS) is 11.1. The number of hydrogen-bond donors (Lipinski definition) is 1. The van der Waals surface area contributed by atoms with Crippen LogP contribution in [-0.2, 0) is 17.9 Å². The molecule has 1 aromatic heterocycles. The van der Waals surface area contributed by atoms with E-state index in [0.717, 1.165) is 23.0 Å². The van der Waals surface area contributed by atoms with Crippen LogP contribution < -0.4 is 0 Å². The fourth-order valence-electron chi connectivity index (χ4n) is 1.81. The summed E-state index contributed by atoms with van der Waals surface area (Å²) < 4.78 is 7.19. The van der Waals surface area contributed by atoms with E-state index in [1.54, 1.807) is 7.11 Å². The van der Waals surface area contributed by atoms with Crippen LogP contribution in [0.5, 0.6) is 0 Å². The highest BCUT2D eigenvalue weighted by molar-refractivity contribution is 5.83. The van der Waals surface area contributed by atoms with Crippen LogP contribution in [-0.4, -0.2) is 23.4 Å². The number of methoxy groups -OCH3 is 1. The minimum atomic E-state index is 0.0889. The molecule has 80 valence electrons. The zero-order valence-electron chi connectivity index (χ0n) is 8.81. The lowest BCUT2D eigenvalue weighted by atomic mass is 10.1. The van der Waals surface area contributed by atoms with Crippen molar-refractivity contribution < 1.29 is 9.84 Å². The molecule has 1 heterocycles. The monoisotopic (exact) mass is 205 g/mol. The number of aromatic nitrogens is 1. The molecule has 1 aromatic carbocycles. The molecular weight excluding hydrogens is 190 g/mol. The van der Waals surface area contributed by atoms with Crippen molar-refractivity contribution in [3.63, 3.8) is 0 Å². The molecule has 0 spiro atoms. The van der Waals surface area contributed by atoms with E-state index in [0.29, 0.717) is 6.61 Å². The first kappa shape index (κ1) is 10.2. The van der Waals surface area contributed by atoms with E-state index in [1.165, 1.54) is 0 Å². The van der Waals surface area contributed by atoms with Gasteiger partial charge in [0.05, 0.1) is 13.2 Å². The zero-order chi connectivity index (χ0) is 10.7. The van der Waals surface area contributed by atoms with Crippen LogP contribution >= 0.6 is 0 Å². The molecule has 15 heavy (non-hydrogen) atoms. The third-order valence-electron chi connectivity index (χ3n) is 2.61. The Morgan fingerprint density at radius 1 is 1.33 bits per heavy atom. The molecule has 0 fully saturated rings. The summed E-state index contributed by atoms with van der Waals surface area (Å²) in [5.41, 5.74) is 2.13. The Kier molecular flexibility index (Phi) is 3.04. The van der Waals surface area contributed by atoms with Gasteiger partial charge in [-0.05, 0) is 17.7 Å². The summed E-state index contributed by atoms with van der Waals surface area (Å²) in [6.07, 6.45) is 2.03. The summed E-state index contributed by atoms with van der Waals surface area (Å²) in [7, 11) is 1.70. The molecule has 0 saturated carbocycles. The summed E-state index contributed by atoms with van der Waals surface area (Å²) in [6, 6.07) is 8.01. The lowest BCUT2D eigenvalue weighted by Gasteiger charge is -2.05. The summed E-state index contributed by atoms with van der Waals surface area (Å²) in [6.45, 7) is 1.63. The molecule has 0 saturated heterocycles. The summed E-state index contributed by atoms with van der Waals surface area (Å²) in [5, 5.41) is 10.3. The first-order valence-electron chi connectivity index (χ1n) is 5.03. The van der Waals surface area contributed by atoms with Crippen LogP contribution in [0.4, 0.5) is 0 Å². The number of aliphatic hydroxyl groups excluding tert-OH is 1. The highest BCUT2D eigenvalue weighted by Gasteiger charge is 2.03. The Morgan fingerprint density at radius 3 is 2.93 bits per heavy atom. The molecule has 2 rings (SSSR count). The summed E-state index contributed by atoms with van der Waals surface area (Å²) in [5.74, 6) is 0. The zero-order valence-corrected chi connectivity index (χ0v) is 8.81. The Hall–Kier alpha value is -1.32. The van der Waals surface area contributed by atoms with Gasteiger partial charge in [0.1, 0.15) is 0 Å². The predicted molar refractivity (Wildman–Crippen MR) is 59.7 cm³/mol. The van der Waals surface area contributed by atoms with Gasteiger partial charge in [0.15, 0.2) is 0 Å². The van der Waals surface area contributed by atoms with Crippen molar-refractivity contribution in [3.05, 3.63) is 36.0 Å². The van der Waals surface area contributed by atoms with Crippen molar-refractivity contribution in [3.8, 4) is 0 Å². The number of aliphatic hydroxyl groups is 1. The summed E-state index contributed by atoms with van der Waals surface area (Å²) >= 11 is 0. The van der Waals surface area contributed by atoms with Crippen LogP contribution in [0.25, 0.3) is 10.9 Å². The van der Waals surface area contributed by atoms with Gasteiger partial charge in [-0.2, -0.15) is 0 Å². The molecule has 0 amide bonds. The van der Waals surface area contributed by atoms with Gasteiger partial charge in [-0.1, -0.05) is 12.1 Å². The second kappa shape index (κ2) is 4.47. The molecule has 0 aliphatic heterocycles. The topological polar surface area (TPSA) is 34.4 Å². The number of nitrogens with zero attached hydrogens (tertiary/aromatic N) is 1. The van der Waals surface area contributed by atoms with E-state index in [-0.39, 0.29) is 6.61 Å². The van der Waals surface area contributed by atoms with E-state index in [4.69, 9.17) is 4.74 Å².